The summed E-state index contributed by atoms with van der Waals surface area (Å²) in [6, 6.07) is 9.31. The lowest BCUT2D eigenvalue weighted by atomic mass is 10.1. The molecular formula is C20H20N2O8S2. The minimum atomic E-state index is -4.75. The van der Waals surface area contributed by atoms with Crippen molar-refractivity contribution in [2.75, 3.05) is 13.2 Å². The molecule has 3 rings (SSSR count). The fraction of sp³-hybridized carbons (Fsp3) is 0.200. The van der Waals surface area contributed by atoms with Crippen LogP contribution in [0.5, 0.6) is 5.75 Å². The first-order valence-electron chi connectivity index (χ1n) is 9.20. The van der Waals surface area contributed by atoms with Crippen LogP contribution in [0.4, 0.5) is 11.4 Å². The first kappa shape index (κ1) is 23.8. The van der Waals surface area contributed by atoms with E-state index in [2.05, 4.69) is 10.2 Å². The Kier molecular flexibility index (Phi) is 6.62. The summed E-state index contributed by atoms with van der Waals surface area (Å²) in [7, 11) is -9.44. The van der Waals surface area contributed by atoms with Crippen molar-refractivity contribution in [1.82, 2.24) is 0 Å². The van der Waals surface area contributed by atoms with E-state index in [9.17, 15) is 25.9 Å². The number of rotatable bonds is 7. The Bertz CT molecular complexity index is 1430. The summed E-state index contributed by atoms with van der Waals surface area (Å²) in [4.78, 5) is -1.12. The molecule has 0 saturated heterocycles. The van der Waals surface area contributed by atoms with E-state index in [1.165, 1.54) is 18.2 Å². The van der Waals surface area contributed by atoms with E-state index < -0.39 is 30.0 Å². The van der Waals surface area contributed by atoms with Crippen LogP contribution in [0.15, 0.2) is 62.5 Å². The summed E-state index contributed by atoms with van der Waals surface area (Å²) in [5.41, 5.74) is 1.86. The molecule has 0 heterocycles. The molecule has 12 heteroatoms. The van der Waals surface area contributed by atoms with E-state index in [0.717, 1.165) is 23.3 Å². The van der Waals surface area contributed by atoms with Crippen LogP contribution in [0.1, 0.15) is 11.1 Å². The SMILES string of the molecule is Cc1cc(C)c(OCCO)cc1N=Nc1cc(S(=O)(=O)O)c2cccc(S(=O)(=O)O)c2c1. The van der Waals surface area contributed by atoms with Crippen LogP contribution in [0, 0.1) is 13.8 Å². The molecule has 0 aromatic heterocycles. The average Bonchev–Trinajstić information content (AvgIpc) is 2.70. The van der Waals surface area contributed by atoms with E-state index >= 15 is 0 Å². The lowest BCUT2D eigenvalue weighted by Gasteiger charge is -2.10. The third kappa shape index (κ3) is 5.11. The highest BCUT2D eigenvalue weighted by Crippen LogP contribution is 2.35. The predicted molar refractivity (Wildman–Crippen MR) is 116 cm³/mol. The normalized spacial score (nSPS) is 12.5. The predicted octanol–water partition coefficient (Wildman–Crippen LogP) is 3.74. The van der Waals surface area contributed by atoms with Crippen molar-refractivity contribution in [1.29, 1.82) is 0 Å². The zero-order valence-electron chi connectivity index (χ0n) is 17.0. The molecule has 0 fully saturated rings. The minimum absolute atomic E-state index is 0.0703. The number of ether oxygens (including phenoxy) is 1. The second-order valence-corrected chi connectivity index (χ2v) is 9.70. The summed E-state index contributed by atoms with van der Waals surface area (Å²) in [5, 5.41) is 16.8. The molecule has 170 valence electrons. The third-order valence-electron chi connectivity index (χ3n) is 4.57. The Morgan fingerprint density at radius 2 is 1.53 bits per heavy atom. The fourth-order valence-corrected chi connectivity index (χ4v) is 4.58. The van der Waals surface area contributed by atoms with Gasteiger partial charge in [-0.15, -0.1) is 0 Å². The Morgan fingerprint density at radius 3 is 2.16 bits per heavy atom. The van der Waals surface area contributed by atoms with Crippen molar-refractivity contribution in [2.45, 2.75) is 23.6 Å². The van der Waals surface area contributed by atoms with E-state index in [0.29, 0.717) is 11.4 Å². The molecule has 0 atom stereocenters. The van der Waals surface area contributed by atoms with Crippen molar-refractivity contribution >= 4 is 42.4 Å². The molecule has 0 aliphatic heterocycles. The number of azo groups is 1. The number of aliphatic hydroxyl groups is 1. The first-order valence-corrected chi connectivity index (χ1v) is 12.1. The van der Waals surface area contributed by atoms with Crippen molar-refractivity contribution in [3.63, 3.8) is 0 Å². The molecule has 0 amide bonds. The van der Waals surface area contributed by atoms with Crippen LogP contribution in [0.2, 0.25) is 0 Å². The van der Waals surface area contributed by atoms with Crippen molar-refractivity contribution in [2.24, 2.45) is 10.2 Å². The second-order valence-electron chi connectivity index (χ2n) is 6.92. The maximum Gasteiger partial charge on any atom is 0.295 e. The summed E-state index contributed by atoms with van der Waals surface area (Å²) in [6.45, 7) is 3.51. The van der Waals surface area contributed by atoms with Gasteiger partial charge in [0.25, 0.3) is 20.2 Å². The smallest absolute Gasteiger partial charge is 0.295 e. The fourth-order valence-electron chi connectivity index (χ4n) is 3.16. The van der Waals surface area contributed by atoms with Gasteiger partial charge in [0.2, 0.25) is 0 Å². The Morgan fingerprint density at radius 1 is 0.844 bits per heavy atom. The Hall–Kier alpha value is -2.90. The number of aliphatic hydroxyl groups excluding tert-OH is 1. The van der Waals surface area contributed by atoms with Gasteiger partial charge in [0.15, 0.2) is 0 Å². The number of hydrogen-bond donors (Lipinski definition) is 3. The van der Waals surface area contributed by atoms with Gasteiger partial charge in [-0.25, -0.2) is 0 Å². The maximum atomic E-state index is 11.9. The van der Waals surface area contributed by atoms with Gasteiger partial charge in [0.1, 0.15) is 22.1 Å². The molecule has 3 aromatic carbocycles. The molecule has 0 aliphatic rings. The molecule has 32 heavy (non-hydrogen) atoms. The lowest BCUT2D eigenvalue weighted by Crippen LogP contribution is -2.03. The van der Waals surface area contributed by atoms with Gasteiger partial charge in [-0.3, -0.25) is 9.11 Å². The van der Waals surface area contributed by atoms with Gasteiger partial charge in [-0.05, 0) is 43.2 Å². The minimum Gasteiger partial charge on any atom is -0.491 e. The zero-order valence-corrected chi connectivity index (χ0v) is 18.7. The number of benzene rings is 3. The first-order chi connectivity index (χ1) is 14.9. The molecule has 10 nitrogen and oxygen atoms in total. The van der Waals surface area contributed by atoms with E-state index in [4.69, 9.17) is 9.84 Å². The number of nitrogens with zero attached hydrogens (tertiary/aromatic N) is 2. The number of aryl methyl sites for hydroxylation is 2. The quantitative estimate of drug-likeness (QED) is 0.340. The summed E-state index contributed by atoms with van der Waals surface area (Å²) in [5.74, 6) is 0.476. The molecule has 3 aromatic rings. The average molecular weight is 481 g/mol. The lowest BCUT2D eigenvalue weighted by molar-refractivity contribution is 0.200. The van der Waals surface area contributed by atoms with Crippen LogP contribution < -0.4 is 4.74 Å². The number of hydrogen-bond acceptors (Lipinski definition) is 8. The second kappa shape index (κ2) is 8.92. The third-order valence-corrected chi connectivity index (χ3v) is 6.38. The monoisotopic (exact) mass is 480 g/mol. The molecule has 0 unspecified atom stereocenters. The van der Waals surface area contributed by atoms with Gasteiger partial charge < -0.3 is 9.84 Å². The van der Waals surface area contributed by atoms with Crippen LogP contribution >= 0.6 is 0 Å². The topological polar surface area (TPSA) is 163 Å². The molecular weight excluding hydrogens is 460 g/mol. The maximum absolute atomic E-state index is 11.9. The number of fused-ring (bicyclic) bond motifs is 1. The zero-order chi connectivity index (χ0) is 23.7. The summed E-state index contributed by atoms with van der Waals surface area (Å²) >= 11 is 0. The van der Waals surface area contributed by atoms with Crippen molar-refractivity contribution < 1.29 is 35.8 Å². The van der Waals surface area contributed by atoms with Crippen molar-refractivity contribution in [3.8, 4) is 5.75 Å². The van der Waals surface area contributed by atoms with Gasteiger partial charge in [0, 0.05) is 16.8 Å². The van der Waals surface area contributed by atoms with Gasteiger partial charge in [0.05, 0.1) is 18.0 Å². The largest absolute Gasteiger partial charge is 0.491 e. The highest BCUT2D eigenvalue weighted by Gasteiger charge is 2.21. The molecule has 0 radical (unpaired) electrons. The Labute approximate surface area is 184 Å². The Balaban J connectivity index is 2.19. The molecule has 0 bridgehead atoms. The van der Waals surface area contributed by atoms with E-state index in [-0.39, 0.29) is 29.7 Å². The highest BCUT2D eigenvalue weighted by atomic mass is 32.2. The van der Waals surface area contributed by atoms with Gasteiger partial charge in [-0.2, -0.15) is 27.1 Å². The summed E-state index contributed by atoms with van der Waals surface area (Å²) < 4.78 is 71.9. The standard InChI is InChI=1S/C20H20N2O8S2/c1-12-8-13(2)18(30-7-6-23)11-17(12)22-21-14-9-16-15(20(10-14)32(27,28)29)4-3-5-19(16)31(24,25)26/h3-5,8-11,23H,6-7H2,1-2H3,(H,24,25,26)(H,27,28,29). The van der Waals surface area contributed by atoms with Crippen LogP contribution in [0.25, 0.3) is 10.8 Å². The molecule has 0 aliphatic carbocycles. The van der Waals surface area contributed by atoms with Crippen LogP contribution in [-0.4, -0.2) is 44.3 Å². The highest BCUT2D eigenvalue weighted by molar-refractivity contribution is 7.86. The van der Waals surface area contributed by atoms with E-state index in [1.54, 1.807) is 19.1 Å². The van der Waals surface area contributed by atoms with Gasteiger partial charge in [-0.1, -0.05) is 18.2 Å². The van der Waals surface area contributed by atoms with Crippen LogP contribution in [-0.2, 0) is 20.2 Å². The van der Waals surface area contributed by atoms with Crippen molar-refractivity contribution in [3.05, 3.63) is 53.6 Å². The molecule has 0 spiro atoms. The summed E-state index contributed by atoms with van der Waals surface area (Å²) in [6.07, 6.45) is 0. The molecule has 0 saturated carbocycles. The van der Waals surface area contributed by atoms with Crippen LogP contribution in [0.3, 0.4) is 0 Å². The van der Waals surface area contributed by atoms with Gasteiger partial charge >= 0.3 is 0 Å². The van der Waals surface area contributed by atoms with E-state index in [1.807, 2.05) is 6.92 Å². The molecule has 3 N–H and O–H groups in total.